The van der Waals surface area contributed by atoms with Gasteiger partial charge < -0.3 is 10.6 Å². The van der Waals surface area contributed by atoms with Gasteiger partial charge in [-0.2, -0.15) is 0 Å². The zero-order chi connectivity index (χ0) is 18.8. The van der Waals surface area contributed by atoms with Crippen molar-refractivity contribution in [2.45, 2.75) is 6.92 Å². The number of hydrogen-bond donors (Lipinski definition) is 2. The number of fused-ring (bicyclic) bond motifs is 1. The Hall–Kier alpha value is -3.38. The highest BCUT2D eigenvalue weighted by Gasteiger charge is 2.07. The predicted octanol–water partition coefficient (Wildman–Crippen LogP) is 5.00. The van der Waals surface area contributed by atoms with Crippen LogP contribution in [0, 0.1) is 6.92 Å². The Morgan fingerprint density at radius 2 is 1.78 bits per heavy atom. The molecule has 0 saturated carbocycles. The zero-order valence-corrected chi connectivity index (χ0v) is 15.2. The Labute approximate surface area is 160 Å². The average molecular weight is 378 g/mol. The molecule has 134 valence electrons. The summed E-state index contributed by atoms with van der Waals surface area (Å²) >= 11 is 5.92. The van der Waals surface area contributed by atoms with Crippen LogP contribution >= 0.6 is 11.6 Å². The van der Waals surface area contributed by atoms with E-state index in [-0.39, 0.29) is 6.03 Å². The van der Waals surface area contributed by atoms with Gasteiger partial charge in [0, 0.05) is 40.0 Å². The van der Waals surface area contributed by atoms with Crippen LogP contribution in [0.25, 0.3) is 17.0 Å². The number of halogens is 1. The van der Waals surface area contributed by atoms with Gasteiger partial charge in [0.1, 0.15) is 0 Å². The van der Waals surface area contributed by atoms with Gasteiger partial charge in [-0.15, -0.1) is 0 Å². The van der Waals surface area contributed by atoms with Gasteiger partial charge >= 0.3 is 6.03 Å². The lowest BCUT2D eigenvalue weighted by atomic mass is 10.1. The van der Waals surface area contributed by atoms with E-state index in [0.29, 0.717) is 22.2 Å². The number of hydrogen-bond acceptors (Lipinski definition) is 3. The molecule has 0 bridgehead atoms. The second kappa shape index (κ2) is 7.09. The lowest BCUT2D eigenvalue weighted by Gasteiger charge is -2.08. The van der Waals surface area contributed by atoms with E-state index in [2.05, 4.69) is 20.6 Å². The smallest absolute Gasteiger partial charge is 0.308 e. The number of carbonyl (C=O) groups is 1. The van der Waals surface area contributed by atoms with Crippen LogP contribution < -0.4 is 10.6 Å². The van der Waals surface area contributed by atoms with E-state index in [1.165, 1.54) is 0 Å². The third-order valence-electron chi connectivity index (χ3n) is 3.99. The summed E-state index contributed by atoms with van der Waals surface area (Å²) in [7, 11) is 0. The van der Waals surface area contributed by atoms with Crippen LogP contribution in [0.3, 0.4) is 0 Å². The number of rotatable bonds is 3. The average Bonchev–Trinajstić information content (AvgIpc) is 3.05. The monoisotopic (exact) mass is 377 g/mol. The Kier molecular flexibility index (Phi) is 4.48. The molecular weight excluding hydrogens is 362 g/mol. The number of amides is 2. The highest BCUT2D eigenvalue weighted by atomic mass is 35.5. The molecule has 0 saturated heterocycles. The quantitative estimate of drug-likeness (QED) is 0.527. The SMILES string of the molecule is Cc1ccn2cc(-c3ccc(NC(=O)Nc4cccc(Cl)c4)cc3)nc2n1. The van der Waals surface area contributed by atoms with Crippen LogP contribution in [-0.4, -0.2) is 20.4 Å². The second-order valence-electron chi connectivity index (χ2n) is 6.07. The third kappa shape index (κ3) is 3.91. The molecule has 2 aromatic heterocycles. The number of urea groups is 1. The third-order valence-corrected chi connectivity index (χ3v) is 4.22. The molecule has 7 heteroatoms. The first-order valence-electron chi connectivity index (χ1n) is 8.33. The fourth-order valence-electron chi connectivity index (χ4n) is 2.68. The fourth-order valence-corrected chi connectivity index (χ4v) is 2.87. The minimum Gasteiger partial charge on any atom is -0.308 e. The van der Waals surface area contributed by atoms with Gasteiger partial charge in [0.05, 0.1) is 5.69 Å². The van der Waals surface area contributed by atoms with Gasteiger partial charge in [-0.1, -0.05) is 29.8 Å². The van der Waals surface area contributed by atoms with Gasteiger partial charge in [0.2, 0.25) is 5.78 Å². The van der Waals surface area contributed by atoms with E-state index in [1.54, 1.807) is 24.3 Å². The van der Waals surface area contributed by atoms with Crippen LogP contribution in [0.1, 0.15) is 5.69 Å². The van der Waals surface area contributed by atoms with Crippen molar-refractivity contribution in [1.82, 2.24) is 14.4 Å². The molecular formula is C20H16ClN5O. The summed E-state index contributed by atoms with van der Waals surface area (Å²) in [5.74, 6) is 0.660. The molecule has 0 fully saturated rings. The number of aromatic nitrogens is 3. The maximum atomic E-state index is 12.1. The Morgan fingerprint density at radius 1 is 1.00 bits per heavy atom. The molecule has 2 N–H and O–H groups in total. The van der Waals surface area contributed by atoms with E-state index in [4.69, 9.17) is 11.6 Å². The lowest BCUT2D eigenvalue weighted by Crippen LogP contribution is -2.19. The van der Waals surface area contributed by atoms with Crippen LogP contribution in [0.2, 0.25) is 5.02 Å². The molecule has 0 unspecified atom stereocenters. The van der Waals surface area contributed by atoms with Gasteiger partial charge in [-0.05, 0) is 43.3 Å². The van der Waals surface area contributed by atoms with E-state index < -0.39 is 0 Å². The van der Waals surface area contributed by atoms with Crippen molar-refractivity contribution in [1.29, 1.82) is 0 Å². The largest absolute Gasteiger partial charge is 0.323 e. The number of nitrogens with one attached hydrogen (secondary N) is 2. The number of nitrogens with zero attached hydrogens (tertiary/aromatic N) is 3. The van der Waals surface area contributed by atoms with Crippen LogP contribution in [-0.2, 0) is 0 Å². The Bertz CT molecular complexity index is 1120. The standard InChI is InChI=1S/C20H16ClN5O/c1-13-9-10-26-12-18(25-19(26)22-13)14-5-7-16(8-6-14)23-20(27)24-17-4-2-3-15(21)11-17/h2-12H,1H3,(H2,23,24,27). The molecule has 2 amide bonds. The molecule has 6 nitrogen and oxygen atoms in total. The number of imidazole rings is 1. The Balaban J connectivity index is 1.47. The van der Waals surface area contributed by atoms with Gasteiger partial charge in [-0.25, -0.2) is 14.8 Å². The topological polar surface area (TPSA) is 71.3 Å². The maximum Gasteiger partial charge on any atom is 0.323 e. The maximum absolute atomic E-state index is 12.1. The van der Waals surface area contributed by atoms with E-state index >= 15 is 0 Å². The minimum atomic E-state index is -0.336. The molecule has 27 heavy (non-hydrogen) atoms. The van der Waals surface area contributed by atoms with Gasteiger partial charge in [0.25, 0.3) is 0 Å². The van der Waals surface area contributed by atoms with Crippen LogP contribution in [0.5, 0.6) is 0 Å². The van der Waals surface area contributed by atoms with Gasteiger partial charge in [0.15, 0.2) is 0 Å². The molecule has 0 radical (unpaired) electrons. The first kappa shape index (κ1) is 17.1. The molecule has 2 aromatic carbocycles. The summed E-state index contributed by atoms with van der Waals surface area (Å²) in [5.41, 5.74) is 3.99. The molecule has 0 aliphatic carbocycles. The summed E-state index contributed by atoms with van der Waals surface area (Å²) in [5, 5.41) is 6.10. The molecule has 0 aliphatic heterocycles. The van der Waals surface area contributed by atoms with Crippen molar-refractivity contribution in [3.05, 3.63) is 77.7 Å². The van der Waals surface area contributed by atoms with Crippen molar-refractivity contribution in [2.24, 2.45) is 0 Å². The molecule has 2 heterocycles. The lowest BCUT2D eigenvalue weighted by molar-refractivity contribution is 0.262. The molecule has 4 rings (SSSR count). The number of aryl methyl sites for hydroxylation is 1. The first-order chi connectivity index (χ1) is 13.1. The highest BCUT2D eigenvalue weighted by molar-refractivity contribution is 6.30. The van der Waals surface area contributed by atoms with E-state index in [1.807, 2.05) is 54.0 Å². The van der Waals surface area contributed by atoms with E-state index in [0.717, 1.165) is 17.0 Å². The normalized spacial score (nSPS) is 10.7. The molecule has 4 aromatic rings. The molecule has 0 atom stereocenters. The fraction of sp³-hybridized carbons (Fsp3) is 0.0500. The molecule has 0 aliphatic rings. The summed E-state index contributed by atoms with van der Waals surface area (Å²) in [6, 6.07) is 16.1. The highest BCUT2D eigenvalue weighted by Crippen LogP contribution is 2.21. The first-order valence-corrected chi connectivity index (χ1v) is 8.71. The zero-order valence-electron chi connectivity index (χ0n) is 14.5. The van der Waals surface area contributed by atoms with Gasteiger partial charge in [-0.3, -0.25) is 4.40 Å². The van der Waals surface area contributed by atoms with Crippen LogP contribution in [0.4, 0.5) is 16.2 Å². The number of anilines is 2. The summed E-state index contributed by atoms with van der Waals surface area (Å²) < 4.78 is 1.88. The van der Waals surface area contributed by atoms with Crippen LogP contribution in [0.15, 0.2) is 67.0 Å². The van der Waals surface area contributed by atoms with Crippen molar-refractivity contribution in [3.63, 3.8) is 0 Å². The van der Waals surface area contributed by atoms with Crippen molar-refractivity contribution in [2.75, 3.05) is 10.6 Å². The predicted molar refractivity (Wildman–Crippen MR) is 107 cm³/mol. The number of benzene rings is 2. The van der Waals surface area contributed by atoms with Crippen molar-refractivity contribution >= 4 is 34.8 Å². The summed E-state index contributed by atoms with van der Waals surface area (Å²) in [6.07, 6.45) is 3.86. The molecule has 0 spiro atoms. The minimum absolute atomic E-state index is 0.336. The van der Waals surface area contributed by atoms with E-state index in [9.17, 15) is 4.79 Å². The van der Waals surface area contributed by atoms with Crippen molar-refractivity contribution in [3.8, 4) is 11.3 Å². The summed E-state index contributed by atoms with van der Waals surface area (Å²) in [4.78, 5) is 21.0. The second-order valence-corrected chi connectivity index (χ2v) is 6.51. The number of carbonyl (C=O) groups excluding carboxylic acids is 1. The Morgan fingerprint density at radius 3 is 2.56 bits per heavy atom. The van der Waals surface area contributed by atoms with Crippen molar-refractivity contribution < 1.29 is 4.79 Å². The summed E-state index contributed by atoms with van der Waals surface area (Å²) in [6.45, 7) is 1.93.